The lowest BCUT2D eigenvalue weighted by Gasteiger charge is -2.33. The molecule has 0 fully saturated rings. The maximum Gasteiger partial charge on any atom is 0.253 e. The van der Waals surface area contributed by atoms with E-state index < -0.39 is 0 Å². The molecule has 2 aliphatic rings. The molecule has 1 aliphatic heterocycles. The molecule has 0 N–H and O–H groups in total. The quantitative estimate of drug-likeness (QED) is 0.330. The van der Waals surface area contributed by atoms with Crippen molar-refractivity contribution >= 4 is 29.1 Å². The molecule has 194 valence electrons. The number of fused-ring (bicyclic) bond motifs is 2. The molecule has 1 unspecified atom stereocenters. The van der Waals surface area contributed by atoms with Crippen LogP contribution in [0.15, 0.2) is 48.5 Å². The van der Waals surface area contributed by atoms with Crippen LogP contribution in [-0.2, 0) is 25.8 Å². The number of rotatable bonds is 7. The lowest BCUT2D eigenvalue weighted by molar-refractivity contribution is 0.0782. The second kappa shape index (κ2) is 11.6. The summed E-state index contributed by atoms with van der Waals surface area (Å²) in [4.78, 5) is 22.6. The Morgan fingerprint density at radius 1 is 1.00 bits per heavy atom. The largest absolute Gasteiger partial charge is 0.341 e. The number of amides is 1. The highest BCUT2D eigenvalue weighted by Crippen LogP contribution is 2.32. The standard InChI is InChI=1S/C31H35Cl2N3O/c1-21-25-10-6-7-11-29(25)34-30-15-17-36(20-26(21)30)16-14-24(23-12-13-27(32)28(33)18-23)19-35(2)31(37)22-8-4-3-5-9-22/h3-5,8-9,12-13,18,24H,6-7,10-11,14-17,19-20H2,1-2H3. The van der Waals surface area contributed by atoms with E-state index in [1.807, 2.05) is 60.5 Å². The summed E-state index contributed by atoms with van der Waals surface area (Å²) in [6.45, 7) is 5.84. The van der Waals surface area contributed by atoms with Crippen molar-refractivity contribution in [3.8, 4) is 0 Å². The number of benzene rings is 2. The number of carbonyl (C=O) groups excluding carboxylic acids is 1. The third kappa shape index (κ3) is 5.87. The summed E-state index contributed by atoms with van der Waals surface area (Å²) in [5.41, 5.74) is 8.89. The van der Waals surface area contributed by atoms with Gasteiger partial charge >= 0.3 is 0 Å². The Bertz CT molecular complexity index is 1280. The first-order chi connectivity index (χ1) is 17.9. The Labute approximate surface area is 230 Å². The van der Waals surface area contributed by atoms with Crippen LogP contribution in [0, 0.1) is 6.92 Å². The van der Waals surface area contributed by atoms with Crippen LogP contribution in [0.5, 0.6) is 0 Å². The molecule has 0 saturated heterocycles. The highest BCUT2D eigenvalue weighted by molar-refractivity contribution is 6.42. The Morgan fingerprint density at radius 2 is 1.76 bits per heavy atom. The molecule has 0 saturated carbocycles. The fraction of sp³-hybridized carbons (Fsp3) is 0.419. The molecule has 5 rings (SSSR count). The zero-order chi connectivity index (χ0) is 25.9. The van der Waals surface area contributed by atoms with Crippen LogP contribution in [0.25, 0.3) is 0 Å². The summed E-state index contributed by atoms with van der Waals surface area (Å²) in [7, 11) is 1.88. The molecule has 1 amide bonds. The minimum atomic E-state index is 0.0315. The van der Waals surface area contributed by atoms with Crippen molar-refractivity contribution < 1.29 is 4.79 Å². The predicted octanol–water partition coefficient (Wildman–Crippen LogP) is 6.88. The fourth-order valence-electron chi connectivity index (χ4n) is 5.90. The van der Waals surface area contributed by atoms with Crippen LogP contribution in [0.3, 0.4) is 0 Å². The van der Waals surface area contributed by atoms with Gasteiger partial charge in [0.2, 0.25) is 0 Å². The van der Waals surface area contributed by atoms with Crippen molar-refractivity contribution in [2.75, 3.05) is 26.7 Å². The molecule has 1 aromatic heterocycles. The van der Waals surface area contributed by atoms with Crippen LogP contribution < -0.4 is 0 Å². The Kier molecular flexibility index (Phi) is 8.18. The van der Waals surface area contributed by atoms with E-state index in [0.29, 0.717) is 22.2 Å². The van der Waals surface area contributed by atoms with Gasteiger partial charge in [-0.05, 0) is 92.1 Å². The second-order valence-corrected chi connectivity index (χ2v) is 11.3. The van der Waals surface area contributed by atoms with Crippen molar-refractivity contribution in [2.45, 2.75) is 57.9 Å². The smallest absolute Gasteiger partial charge is 0.253 e. The molecule has 37 heavy (non-hydrogen) atoms. The van der Waals surface area contributed by atoms with Gasteiger partial charge in [0.05, 0.1) is 10.0 Å². The predicted molar refractivity (Wildman–Crippen MR) is 152 cm³/mol. The lowest BCUT2D eigenvalue weighted by atomic mass is 9.87. The molecule has 3 aromatic rings. The summed E-state index contributed by atoms with van der Waals surface area (Å²) in [6, 6.07) is 15.3. The molecule has 2 heterocycles. The van der Waals surface area contributed by atoms with Gasteiger partial charge in [0.25, 0.3) is 5.91 Å². The van der Waals surface area contributed by atoms with Crippen LogP contribution in [0.4, 0.5) is 0 Å². The van der Waals surface area contributed by atoms with Crippen LogP contribution in [0.2, 0.25) is 10.0 Å². The SMILES string of the molecule is Cc1c2c(nc3c1CN(CCC(CN(C)C(=O)c1ccccc1)c1ccc(Cl)c(Cl)c1)CC3)CCCC2. The average molecular weight is 537 g/mol. The van der Waals surface area contributed by atoms with Gasteiger partial charge in [-0.2, -0.15) is 0 Å². The maximum absolute atomic E-state index is 13.1. The number of carbonyl (C=O) groups is 1. The van der Waals surface area contributed by atoms with Gasteiger partial charge in [0.1, 0.15) is 0 Å². The topological polar surface area (TPSA) is 36.4 Å². The molecular weight excluding hydrogens is 501 g/mol. The maximum atomic E-state index is 13.1. The molecule has 0 bridgehead atoms. The Hall–Kier alpha value is -2.40. The van der Waals surface area contributed by atoms with Crippen molar-refractivity contribution in [3.05, 3.63) is 97.8 Å². The first kappa shape index (κ1) is 26.2. The summed E-state index contributed by atoms with van der Waals surface area (Å²) in [5, 5.41) is 1.11. The Morgan fingerprint density at radius 3 is 2.54 bits per heavy atom. The number of hydrogen-bond donors (Lipinski definition) is 0. The van der Waals surface area contributed by atoms with Crippen LogP contribution in [-0.4, -0.2) is 47.4 Å². The number of aryl methyl sites for hydroxylation is 1. The molecule has 4 nitrogen and oxygen atoms in total. The van der Waals surface area contributed by atoms with E-state index in [4.69, 9.17) is 28.2 Å². The van der Waals surface area contributed by atoms with Crippen molar-refractivity contribution in [3.63, 3.8) is 0 Å². The summed E-state index contributed by atoms with van der Waals surface area (Å²) in [6.07, 6.45) is 6.78. The first-order valence-electron chi connectivity index (χ1n) is 13.4. The summed E-state index contributed by atoms with van der Waals surface area (Å²) >= 11 is 12.6. The van der Waals surface area contributed by atoms with Crippen molar-refractivity contribution in [1.29, 1.82) is 0 Å². The zero-order valence-corrected chi connectivity index (χ0v) is 23.3. The van der Waals surface area contributed by atoms with Gasteiger partial charge in [-0.25, -0.2) is 0 Å². The van der Waals surface area contributed by atoms with E-state index in [0.717, 1.165) is 44.5 Å². The monoisotopic (exact) mass is 535 g/mol. The molecule has 1 aliphatic carbocycles. The summed E-state index contributed by atoms with van der Waals surface area (Å²) in [5.74, 6) is 0.181. The Balaban J connectivity index is 1.32. The average Bonchev–Trinajstić information content (AvgIpc) is 2.93. The van der Waals surface area contributed by atoms with Crippen LogP contribution >= 0.6 is 23.2 Å². The number of pyridine rings is 1. The number of likely N-dealkylation sites (N-methyl/N-ethyl adjacent to an activating group) is 1. The molecule has 0 spiro atoms. The van der Waals surface area contributed by atoms with E-state index in [1.54, 1.807) is 0 Å². The highest BCUT2D eigenvalue weighted by atomic mass is 35.5. The van der Waals surface area contributed by atoms with E-state index in [1.165, 1.54) is 47.3 Å². The highest BCUT2D eigenvalue weighted by Gasteiger charge is 2.26. The molecule has 0 radical (unpaired) electrons. The van der Waals surface area contributed by atoms with Crippen molar-refractivity contribution in [1.82, 2.24) is 14.8 Å². The zero-order valence-electron chi connectivity index (χ0n) is 21.8. The van der Waals surface area contributed by atoms with E-state index in [2.05, 4.69) is 11.8 Å². The minimum absolute atomic E-state index is 0.0315. The minimum Gasteiger partial charge on any atom is -0.341 e. The van der Waals surface area contributed by atoms with Gasteiger partial charge < -0.3 is 4.90 Å². The number of hydrogen-bond acceptors (Lipinski definition) is 3. The van der Waals surface area contributed by atoms with Gasteiger partial charge in [0.15, 0.2) is 0 Å². The molecular formula is C31H35Cl2N3O. The van der Waals surface area contributed by atoms with Gasteiger partial charge in [-0.3, -0.25) is 14.7 Å². The third-order valence-corrected chi connectivity index (χ3v) is 8.82. The lowest BCUT2D eigenvalue weighted by Crippen LogP contribution is -2.36. The molecule has 6 heteroatoms. The second-order valence-electron chi connectivity index (χ2n) is 10.5. The number of aromatic nitrogens is 1. The number of halogens is 2. The van der Waals surface area contributed by atoms with E-state index in [9.17, 15) is 4.79 Å². The third-order valence-electron chi connectivity index (χ3n) is 8.08. The van der Waals surface area contributed by atoms with E-state index in [-0.39, 0.29) is 11.8 Å². The van der Waals surface area contributed by atoms with Gasteiger partial charge in [0, 0.05) is 56.0 Å². The molecule has 1 atom stereocenters. The summed E-state index contributed by atoms with van der Waals surface area (Å²) < 4.78 is 0. The van der Waals surface area contributed by atoms with E-state index >= 15 is 0 Å². The molecule has 2 aromatic carbocycles. The van der Waals surface area contributed by atoms with Crippen LogP contribution in [0.1, 0.15) is 69.2 Å². The van der Waals surface area contributed by atoms with Crippen molar-refractivity contribution in [2.24, 2.45) is 0 Å². The normalized spacial score (nSPS) is 16.1. The fourth-order valence-corrected chi connectivity index (χ4v) is 6.21. The van der Waals surface area contributed by atoms with Gasteiger partial charge in [-0.15, -0.1) is 0 Å². The van der Waals surface area contributed by atoms with Gasteiger partial charge in [-0.1, -0.05) is 47.5 Å². The first-order valence-corrected chi connectivity index (χ1v) is 14.1. The number of nitrogens with zero attached hydrogens (tertiary/aromatic N) is 3.